The van der Waals surface area contributed by atoms with Crippen molar-refractivity contribution in [2.24, 2.45) is 12.0 Å². The molecule has 0 saturated carbocycles. The Kier molecular flexibility index (Phi) is 9.83. The number of rotatable bonds is 3. The van der Waals surface area contributed by atoms with Crippen molar-refractivity contribution in [1.29, 1.82) is 0 Å². The topological polar surface area (TPSA) is 59.6 Å². The zero-order chi connectivity index (χ0) is 22.1. The van der Waals surface area contributed by atoms with E-state index in [9.17, 15) is 0 Å². The molecule has 1 aliphatic heterocycles. The standard InChI is InChI=1S/C20H25N3O.C3H8.CH4O/c1-12(2)17-8-7-15(20(22-17)24-6)16-10-21-19-14(4)11-23(5)18(19)9-13(16)3;1-3-2;1-2/h7-12,16H,1-6H3;3H2,1-2H3;2H,1H3. The number of nitrogens with zero attached hydrogens (tertiary/aromatic N) is 3. The normalized spacial score (nSPS) is 14.7. The van der Waals surface area contributed by atoms with Gasteiger partial charge in [0, 0.05) is 43.7 Å². The third kappa shape index (κ3) is 5.80. The van der Waals surface area contributed by atoms with E-state index in [-0.39, 0.29) is 5.92 Å². The third-order valence-corrected chi connectivity index (χ3v) is 4.62. The lowest BCUT2D eigenvalue weighted by Gasteiger charge is -2.17. The fourth-order valence-corrected chi connectivity index (χ4v) is 3.21. The average Bonchev–Trinajstić information content (AvgIpc) is 2.86. The minimum absolute atomic E-state index is 0.0699. The van der Waals surface area contributed by atoms with Gasteiger partial charge < -0.3 is 14.4 Å². The van der Waals surface area contributed by atoms with Crippen molar-refractivity contribution < 1.29 is 9.84 Å². The van der Waals surface area contributed by atoms with Gasteiger partial charge in [0.25, 0.3) is 0 Å². The number of fused-ring (bicyclic) bond motifs is 1. The Morgan fingerprint density at radius 2 is 1.79 bits per heavy atom. The number of ether oxygens (including phenoxy) is 1. The second-order valence-corrected chi connectivity index (χ2v) is 7.50. The maximum absolute atomic E-state index is 7.00. The van der Waals surface area contributed by atoms with Crippen LogP contribution in [0.3, 0.4) is 0 Å². The molecule has 0 amide bonds. The van der Waals surface area contributed by atoms with Crippen LogP contribution in [0.1, 0.15) is 75.4 Å². The number of aryl methyl sites for hydroxylation is 2. The Hall–Kier alpha value is -2.40. The van der Waals surface area contributed by atoms with Crippen LogP contribution in [0, 0.1) is 6.92 Å². The molecule has 5 nitrogen and oxygen atoms in total. The monoisotopic (exact) mass is 399 g/mol. The maximum atomic E-state index is 7.00. The Balaban J connectivity index is 0.000000771. The minimum atomic E-state index is 0.0699. The molecule has 2 aromatic heterocycles. The van der Waals surface area contributed by atoms with Gasteiger partial charge in [0.1, 0.15) is 0 Å². The summed E-state index contributed by atoms with van der Waals surface area (Å²) in [5.74, 6) is 1.13. The van der Waals surface area contributed by atoms with Crippen LogP contribution in [0.4, 0.5) is 5.69 Å². The third-order valence-electron chi connectivity index (χ3n) is 4.62. The molecule has 160 valence electrons. The number of methoxy groups -OCH3 is 1. The van der Waals surface area contributed by atoms with E-state index >= 15 is 0 Å². The molecule has 1 unspecified atom stereocenters. The van der Waals surface area contributed by atoms with E-state index in [1.54, 1.807) is 7.11 Å². The summed E-state index contributed by atoms with van der Waals surface area (Å²) in [7, 11) is 4.74. The van der Waals surface area contributed by atoms with Gasteiger partial charge in [-0.2, -0.15) is 0 Å². The van der Waals surface area contributed by atoms with Crippen molar-refractivity contribution >= 4 is 18.0 Å². The highest BCUT2D eigenvalue weighted by Gasteiger charge is 2.22. The lowest BCUT2D eigenvalue weighted by atomic mass is 9.92. The van der Waals surface area contributed by atoms with Crippen molar-refractivity contribution in [1.82, 2.24) is 9.55 Å². The van der Waals surface area contributed by atoms with Gasteiger partial charge in [-0.3, -0.25) is 4.99 Å². The first kappa shape index (κ1) is 24.6. The van der Waals surface area contributed by atoms with Gasteiger partial charge in [-0.25, -0.2) is 4.98 Å². The predicted molar refractivity (Wildman–Crippen MR) is 124 cm³/mol. The molecule has 3 rings (SSSR count). The SMILES string of the molecule is CCC.CO.COc1nc(C(C)C)ccc1C1C=Nc2c(C)cn(C)c2C=C1C. The second-order valence-electron chi connectivity index (χ2n) is 7.50. The molecule has 0 bridgehead atoms. The number of aliphatic hydroxyl groups excluding tert-OH is 1. The van der Waals surface area contributed by atoms with Crippen molar-refractivity contribution in [3.63, 3.8) is 0 Å². The van der Waals surface area contributed by atoms with E-state index in [4.69, 9.17) is 14.8 Å². The van der Waals surface area contributed by atoms with Crippen LogP contribution >= 0.6 is 0 Å². The molecule has 5 heteroatoms. The van der Waals surface area contributed by atoms with E-state index in [2.05, 4.69) is 82.5 Å². The van der Waals surface area contributed by atoms with Crippen LogP contribution in [-0.4, -0.2) is 35.1 Å². The van der Waals surface area contributed by atoms with Crippen LogP contribution in [0.15, 0.2) is 28.9 Å². The number of hydrogen-bond donors (Lipinski definition) is 1. The molecule has 0 spiro atoms. The predicted octanol–water partition coefficient (Wildman–Crippen LogP) is 5.79. The highest BCUT2D eigenvalue weighted by molar-refractivity contribution is 5.84. The fourth-order valence-electron chi connectivity index (χ4n) is 3.21. The lowest BCUT2D eigenvalue weighted by Crippen LogP contribution is -2.07. The Labute approximate surface area is 176 Å². The summed E-state index contributed by atoms with van der Waals surface area (Å²) < 4.78 is 7.71. The highest BCUT2D eigenvalue weighted by atomic mass is 16.5. The quantitative estimate of drug-likeness (QED) is 0.711. The molecule has 3 heterocycles. The number of aliphatic hydroxyl groups is 1. The van der Waals surface area contributed by atoms with Crippen LogP contribution in [0.25, 0.3) is 6.08 Å². The lowest BCUT2D eigenvalue weighted by molar-refractivity contribution is 0.390. The summed E-state index contributed by atoms with van der Waals surface area (Å²) in [5.41, 5.74) is 6.72. The Morgan fingerprint density at radius 1 is 1.17 bits per heavy atom. The summed E-state index contributed by atoms with van der Waals surface area (Å²) >= 11 is 0. The molecule has 0 aliphatic carbocycles. The summed E-state index contributed by atoms with van der Waals surface area (Å²) in [5, 5.41) is 7.00. The van der Waals surface area contributed by atoms with Crippen LogP contribution in [0.2, 0.25) is 0 Å². The van der Waals surface area contributed by atoms with Gasteiger partial charge in [-0.05, 0) is 37.5 Å². The van der Waals surface area contributed by atoms with E-state index in [1.807, 2.05) is 6.21 Å². The van der Waals surface area contributed by atoms with Gasteiger partial charge in [0.15, 0.2) is 0 Å². The first-order valence-electron chi connectivity index (χ1n) is 10.2. The molecular formula is C24H37N3O2. The molecule has 1 aliphatic rings. The zero-order valence-corrected chi connectivity index (χ0v) is 19.4. The van der Waals surface area contributed by atoms with Gasteiger partial charge in [0.05, 0.1) is 18.5 Å². The van der Waals surface area contributed by atoms with Crippen LogP contribution < -0.4 is 4.74 Å². The number of allylic oxidation sites excluding steroid dienone is 1. The van der Waals surface area contributed by atoms with E-state index < -0.39 is 0 Å². The Bertz CT molecular complexity index is 848. The summed E-state index contributed by atoms with van der Waals surface area (Å²) in [4.78, 5) is 9.45. The van der Waals surface area contributed by atoms with Crippen LogP contribution in [-0.2, 0) is 7.05 Å². The molecular weight excluding hydrogens is 362 g/mol. The number of pyridine rings is 1. The second kappa shape index (κ2) is 11.6. The van der Waals surface area contributed by atoms with Crippen LogP contribution in [0.5, 0.6) is 5.88 Å². The van der Waals surface area contributed by atoms with Gasteiger partial charge in [0.2, 0.25) is 5.88 Å². The van der Waals surface area contributed by atoms with E-state index in [0.29, 0.717) is 11.8 Å². The molecule has 2 aromatic rings. The fraction of sp³-hybridized carbons (Fsp3) is 0.500. The summed E-state index contributed by atoms with van der Waals surface area (Å²) in [6.45, 7) is 12.8. The molecule has 29 heavy (non-hydrogen) atoms. The molecule has 0 saturated heterocycles. The first-order valence-corrected chi connectivity index (χ1v) is 10.2. The smallest absolute Gasteiger partial charge is 0.217 e. The van der Waals surface area contributed by atoms with Crippen molar-refractivity contribution in [2.45, 2.75) is 59.8 Å². The van der Waals surface area contributed by atoms with Gasteiger partial charge in [-0.15, -0.1) is 0 Å². The number of hydrogen-bond acceptors (Lipinski definition) is 4. The highest BCUT2D eigenvalue weighted by Crippen LogP contribution is 2.37. The molecule has 0 fully saturated rings. The minimum Gasteiger partial charge on any atom is -0.481 e. The van der Waals surface area contributed by atoms with Gasteiger partial charge in [-0.1, -0.05) is 45.8 Å². The number of aromatic nitrogens is 2. The largest absolute Gasteiger partial charge is 0.481 e. The average molecular weight is 400 g/mol. The molecule has 1 atom stereocenters. The molecule has 0 radical (unpaired) electrons. The van der Waals surface area contributed by atoms with Crippen molar-refractivity contribution in [3.05, 3.63) is 46.4 Å². The maximum Gasteiger partial charge on any atom is 0.217 e. The van der Waals surface area contributed by atoms with E-state index in [1.165, 1.54) is 17.6 Å². The molecule has 0 aromatic carbocycles. The van der Waals surface area contributed by atoms with Crippen molar-refractivity contribution in [2.75, 3.05) is 14.2 Å². The summed E-state index contributed by atoms with van der Waals surface area (Å²) in [6.07, 6.45) is 7.60. The van der Waals surface area contributed by atoms with Gasteiger partial charge >= 0.3 is 0 Å². The molecule has 1 N–H and O–H groups in total. The first-order chi connectivity index (χ1) is 13.8. The van der Waals surface area contributed by atoms with E-state index in [0.717, 1.165) is 29.7 Å². The van der Waals surface area contributed by atoms with Crippen molar-refractivity contribution in [3.8, 4) is 5.88 Å². The Morgan fingerprint density at radius 3 is 2.34 bits per heavy atom. The zero-order valence-electron chi connectivity index (χ0n) is 19.4. The number of aliphatic imine (C=N–C) groups is 1. The summed E-state index contributed by atoms with van der Waals surface area (Å²) in [6, 6.07) is 4.21.